The van der Waals surface area contributed by atoms with Crippen molar-refractivity contribution in [2.45, 2.75) is 31.9 Å². The van der Waals surface area contributed by atoms with Crippen molar-refractivity contribution < 1.29 is 17.9 Å². The maximum absolute atomic E-state index is 12.9. The van der Waals surface area contributed by atoms with Crippen LogP contribution < -0.4 is 10.1 Å². The van der Waals surface area contributed by atoms with Crippen LogP contribution in [0, 0.1) is 5.92 Å². The van der Waals surface area contributed by atoms with Crippen molar-refractivity contribution in [2.75, 3.05) is 26.7 Å². The number of amides is 1. The Balaban J connectivity index is 1.92. The highest BCUT2D eigenvalue weighted by Crippen LogP contribution is 2.33. The lowest BCUT2D eigenvalue weighted by molar-refractivity contribution is -0.124. The lowest BCUT2D eigenvalue weighted by atomic mass is 9.91. The Morgan fingerprint density at radius 1 is 1.13 bits per heavy atom. The van der Waals surface area contributed by atoms with Gasteiger partial charge in [0.2, 0.25) is 15.9 Å². The van der Waals surface area contributed by atoms with Crippen molar-refractivity contribution in [1.29, 1.82) is 0 Å². The molecule has 3 rings (SSSR count). The van der Waals surface area contributed by atoms with Gasteiger partial charge >= 0.3 is 0 Å². The van der Waals surface area contributed by atoms with Gasteiger partial charge in [-0.05, 0) is 37.0 Å². The van der Waals surface area contributed by atoms with Gasteiger partial charge in [0.1, 0.15) is 5.75 Å². The predicted octanol–water partition coefficient (Wildman–Crippen LogP) is 3.08. The number of nitrogens with one attached hydrogen (secondary N) is 1. The number of carbonyl (C=O) groups is 1. The summed E-state index contributed by atoms with van der Waals surface area (Å²) in [4.78, 5) is 12.7. The summed E-state index contributed by atoms with van der Waals surface area (Å²) in [6, 6.07) is 15.7. The maximum atomic E-state index is 12.9. The van der Waals surface area contributed by atoms with E-state index in [1.54, 1.807) is 14.0 Å². The molecule has 2 aromatic rings. The highest BCUT2D eigenvalue weighted by atomic mass is 32.2. The van der Waals surface area contributed by atoms with E-state index in [0.29, 0.717) is 25.9 Å². The van der Waals surface area contributed by atoms with E-state index >= 15 is 0 Å². The van der Waals surface area contributed by atoms with Crippen molar-refractivity contribution in [3.8, 4) is 16.9 Å². The molecule has 2 aromatic carbocycles. The third kappa shape index (κ3) is 4.68. The lowest BCUT2D eigenvalue weighted by Crippen LogP contribution is -2.41. The van der Waals surface area contributed by atoms with Crippen LogP contribution in [0.5, 0.6) is 5.75 Å². The summed E-state index contributed by atoms with van der Waals surface area (Å²) in [6.07, 6.45) is 0.994. The van der Waals surface area contributed by atoms with E-state index in [-0.39, 0.29) is 12.5 Å². The first-order chi connectivity index (χ1) is 14.4. The van der Waals surface area contributed by atoms with Crippen LogP contribution >= 0.6 is 0 Å². The van der Waals surface area contributed by atoms with E-state index in [1.807, 2.05) is 55.5 Å². The van der Waals surface area contributed by atoms with Crippen molar-refractivity contribution in [2.24, 2.45) is 5.92 Å². The van der Waals surface area contributed by atoms with Gasteiger partial charge in [-0.25, -0.2) is 8.42 Å². The zero-order valence-electron chi connectivity index (χ0n) is 17.8. The number of carbonyl (C=O) groups excluding carboxylic acids is 1. The molecular formula is C23H30N2O4S. The molecule has 0 bridgehead atoms. The topological polar surface area (TPSA) is 75.7 Å². The van der Waals surface area contributed by atoms with Crippen LogP contribution in [-0.2, 0) is 21.2 Å². The highest BCUT2D eigenvalue weighted by Gasteiger charge is 2.34. The van der Waals surface area contributed by atoms with Gasteiger partial charge < -0.3 is 10.1 Å². The van der Waals surface area contributed by atoms with Gasteiger partial charge in [0.25, 0.3) is 0 Å². The van der Waals surface area contributed by atoms with E-state index in [1.165, 1.54) is 4.31 Å². The Bertz CT molecular complexity index is 990. The second-order valence-electron chi connectivity index (χ2n) is 7.67. The number of benzene rings is 2. The first-order valence-electron chi connectivity index (χ1n) is 10.4. The van der Waals surface area contributed by atoms with Gasteiger partial charge in [-0.1, -0.05) is 49.4 Å². The van der Waals surface area contributed by atoms with E-state index in [0.717, 1.165) is 22.4 Å². The second kappa shape index (κ2) is 9.62. The minimum atomic E-state index is -3.44. The monoisotopic (exact) mass is 430 g/mol. The van der Waals surface area contributed by atoms with Gasteiger partial charge in [0.05, 0.1) is 18.3 Å². The third-order valence-electron chi connectivity index (χ3n) is 5.78. The normalized spacial score (nSPS) is 19.0. The van der Waals surface area contributed by atoms with Gasteiger partial charge in [-0.15, -0.1) is 0 Å². The molecule has 1 fully saturated rings. The molecule has 1 aliphatic rings. The number of nitrogens with zero attached hydrogens (tertiary/aromatic N) is 1. The number of sulfonamides is 1. The molecule has 1 saturated heterocycles. The molecule has 0 aliphatic carbocycles. The molecule has 7 heteroatoms. The number of ether oxygens (including phenoxy) is 1. The first-order valence-corrected chi connectivity index (χ1v) is 11.9. The van der Waals surface area contributed by atoms with Crippen LogP contribution in [0.1, 0.15) is 25.8 Å². The fraction of sp³-hybridized carbons (Fsp3) is 0.435. The molecule has 1 heterocycles. The van der Waals surface area contributed by atoms with Gasteiger partial charge in [0.15, 0.2) is 0 Å². The molecule has 1 amide bonds. The molecule has 0 spiro atoms. The van der Waals surface area contributed by atoms with E-state index < -0.39 is 21.2 Å². The van der Waals surface area contributed by atoms with Crippen LogP contribution in [0.15, 0.2) is 48.5 Å². The van der Waals surface area contributed by atoms with Crippen LogP contribution in [0.2, 0.25) is 0 Å². The third-order valence-corrected chi connectivity index (χ3v) is 8.18. The number of para-hydroxylation sites is 1. The smallest absolute Gasteiger partial charge is 0.224 e. The largest absolute Gasteiger partial charge is 0.496 e. The summed E-state index contributed by atoms with van der Waals surface area (Å²) in [5, 5.41) is 2.42. The Kier molecular flexibility index (Phi) is 7.15. The number of hydrogen-bond donors (Lipinski definition) is 1. The van der Waals surface area contributed by atoms with Gasteiger partial charge in [-0.2, -0.15) is 4.31 Å². The first kappa shape index (κ1) is 22.3. The highest BCUT2D eigenvalue weighted by molar-refractivity contribution is 7.89. The van der Waals surface area contributed by atoms with Crippen LogP contribution in [-0.4, -0.2) is 50.6 Å². The Hall–Kier alpha value is -2.38. The average molecular weight is 431 g/mol. The van der Waals surface area contributed by atoms with Crippen LogP contribution in [0.25, 0.3) is 11.1 Å². The summed E-state index contributed by atoms with van der Waals surface area (Å²) in [7, 11) is -1.80. The summed E-state index contributed by atoms with van der Waals surface area (Å²) in [5.41, 5.74) is 2.93. The zero-order chi connectivity index (χ0) is 21.7. The fourth-order valence-corrected chi connectivity index (χ4v) is 5.48. The van der Waals surface area contributed by atoms with Crippen molar-refractivity contribution >= 4 is 15.9 Å². The van der Waals surface area contributed by atoms with E-state index in [2.05, 4.69) is 5.32 Å². The maximum Gasteiger partial charge on any atom is 0.224 e. The number of rotatable bonds is 7. The van der Waals surface area contributed by atoms with Crippen molar-refractivity contribution in [3.05, 3.63) is 54.1 Å². The van der Waals surface area contributed by atoms with Crippen molar-refractivity contribution in [3.63, 3.8) is 0 Å². The van der Waals surface area contributed by atoms with Gasteiger partial charge in [0, 0.05) is 25.2 Å². The lowest BCUT2D eigenvalue weighted by Gasteiger charge is -2.26. The Morgan fingerprint density at radius 2 is 1.80 bits per heavy atom. The molecule has 30 heavy (non-hydrogen) atoms. The van der Waals surface area contributed by atoms with E-state index in [4.69, 9.17) is 4.74 Å². The standard InChI is InChI=1S/C23H30N2O4S/c1-4-17(2)30(27,28)25-14-13-24-23(26)19(16-25)15-18-9-5-6-10-20(18)21-11-7-8-12-22(21)29-3/h5-12,17,19H,4,13-16H2,1-3H3,(H,24,26)/t17-,19+/m0/s1. The minimum absolute atomic E-state index is 0.105. The average Bonchev–Trinajstić information content (AvgIpc) is 2.95. The second-order valence-corrected chi connectivity index (χ2v) is 10.0. The number of hydrogen-bond acceptors (Lipinski definition) is 4. The molecule has 0 saturated carbocycles. The molecular weight excluding hydrogens is 400 g/mol. The molecule has 1 N–H and O–H groups in total. The quantitative estimate of drug-likeness (QED) is 0.732. The van der Waals surface area contributed by atoms with Crippen LogP contribution in [0.4, 0.5) is 0 Å². The Labute approximate surface area is 179 Å². The van der Waals surface area contributed by atoms with E-state index in [9.17, 15) is 13.2 Å². The molecule has 1 aliphatic heterocycles. The summed E-state index contributed by atoms with van der Waals surface area (Å²) < 4.78 is 32.8. The van der Waals surface area contributed by atoms with Crippen molar-refractivity contribution in [1.82, 2.24) is 9.62 Å². The molecule has 6 nitrogen and oxygen atoms in total. The minimum Gasteiger partial charge on any atom is -0.496 e. The fourth-order valence-electron chi connectivity index (χ4n) is 3.82. The Morgan fingerprint density at radius 3 is 2.50 bits per heavy atom. The summed E-state index contributed by atoms with van der Waals surface area (Å²) in [6.45, 7) is 4.42. The predicted molar refractivity (Wildman–Crippen MR) is 119 cm³/mol. The molecule has 0 unspecified atom stereocenters. The molecule has 162 valence electrons. The molecule has 0 aromatic heterocycles. The van der Waals surface area contributed by atoms with Crippen LogP contribution in [0.3, 0.4) is 0 Å². The number of methoxy groups -OCH3 is 1. The molecule has 0 radical (unpaired) electrons. The SMILES string of the molecule is CC[C@H](C)S(=O)(=O)N1CCNC(=O)[C@H](Cc2ccccc2-c2ccccc2OC)C1. The molecule has 2 atom stereocenters. The summed E-state index contributed by atoms with van der Waals surface area (Å²) >= 11 is 0. The van der Waals surface area contributed by atoms with Gasteiger partial charge in [-0.3, -0.25) is 4.79 Å². The summed E-state index contributed by atoms with van der Waals surface area (Å²) in [5.74, 6) is 0.199. The zero-order valence-corrected chi connectivity index (χ0v) is 18.6.